The summed E-state index contributed by atoms with van der Waals surface area (Å²) < 4.78 is 5.95. The number of benzene rings is 1. The van der Waals surface area contributed by atoms with Crippen LogP contribution in [0.2, 0.25) is 0 Å². The van der Waals surface area contributed by atoms with Crippen molar-refractivity contribution in [2.24, 2.45) is 0 Å². The number of aryl methyl sites for hydroxylation is 1. The molecule has 0 unspecified atom stereocenters. The number of hydrogen-bond acceptors (Lipinski definition) is 2. The largest absolute Gasteiger partial charge is 0.461 e. The molecule has 94 valence electrons. The molecule has 0 bridgehead atoms. The van der Waals surface area contributed by atoms with Crippen molar-refractivity contribution in [3.05, 3.63) is 35.6 Å². The minimum absolute atomic E-state index is 0.453. The normalized spacial score (nSPS) is 17.3. The van der Waals surface area contributed by atoms with Crippen LogP contribution in [-0.4, -0.2) is 24.4 Å². The van der Waals surface area contributed by atoms with Crippen molar-refractivity contribution in [2.45, 2.75) is 25.7 Å². The molecule has 0 radical (unpaired) electrons. The van der Waals surface area contributed by atoms with E-state index in [1.165, 1.54) is 10.9 Å². The van der Waals surface area contributed by atoms with Crippen LogP contribution in [0.3, 0.4) is 0 Å². The van der Waals surface area contributed by atoms with Crippen molar-refractivity contribution < 1.29 is 9.21 Å². The molecule has 1 aliphatic heterocycles. The number of piperidine rings is 1. The Morgan fingerprint density at radius 2 is 2.06 bits per heavy atom. The summed E-state index contributed by atoms with van der Waals surface area (Å²) in [6.07, 6.45) is 2.94. The van der Waals surface area contributed by atoms with Gasteiger partial charge in [-0.1, -0.05) is 12.1 Å². The zero-order valence-corrected chi connectivity index (χ0v) is 10.6. The highest BCUT2D eigenvalue weighted by Gasteiger charge is 2.22. The van der Waals surface area contributed by atoms with Gasteiger partial charge in [-0.05, 0) is 37.5 Å². The van der Waals surface area contributed by atoms with Gasteiger partial charge in [0, 0.05) is 24.4 Å². The average Bonchev–Trinajstić information content (AvgIpc) is 2.81. The number of nitrogens with zero attached hydrogens (tertiary/aromatic N) is 1. The first-order valence-electron chi connectivity index (χ1n) is 6.46. The van der Waals surface area contributed by atoms with E-state index in [4.69, 9.17) is 4.42 Å². The Morgan fingerprint density at radius 1 is 1.28 bits per heavy atom. The molecule has 1 saturated heterocycles. The smallest absolute Gasteiger partial charge is 0.209 e. The first kappa shape index (κ1) is 11.3. The van der Waals surface area contributed by atoms with Gasteiger partial charge < -0.3 is 9.32 Å². The Morgan fingerprint density at radius 3 is 2.78 bits per heavy atom. The summed E-state index contributed by atoms with van der Waals surface area (Å²) >= 11 is 0. The van der Waals surface area contributed by atoms with Crippen LogP contribution in [0.15, 0.2) is 28.7 Å². The molecular formula is C15H17NO2. The summed E-state index contributed by atoms with van der Waals surface area (Å²) in [5.74, 6) is 1.52. The molecule has 0 spiro atoms. The molecule has 1 amide bonds. The number of carbonyl (C=O) groups is 1. The van der Waals surface area contributed by atoms with Crippen LogP contribution in [0.25, 0.3) is 11.0 Å². The Bertz CT molecular complexity index is 565. The quantitative estimate of drug-likeness (QED) is 0.759. The molecule has 1 aromatic carbocycles. The third-order valence-corrected chi connectivity index (χ3v) is 3.78. The van der Waals surface area contributed by atoms with Crippen molar-refractivity contribution in [1.29, 1.82) is 0 Å². The maximum atomic E-state index is 10.7. The van der Waals surface area contributed by atoms with E-state index in [1.54, 1.807) is 0 Å². The highest BCUT2D eigenvalue weighted by atomic mass is 16.3. The minimum Gasteiger partial charge on any atom is -0.461 e. The molecule has 3 rings (SSSR count). The Kier molecular flexibility index (Phi) is 2.82. The van der Waals surface area contributed by atoms with Crippen LogP contribution in [0, 0.1) is 6.92 Å². The summed E-state index contributed by atoms with van der Waals surface area (Å²) in [7, 11) is 0. The van der Waals surface area contributed by atoms with E-state index in [-0.39, 0.29) is 0 Å². The lowest BCUT2D eigenvalue weighted by Gasteiger charge is -2.27. The highest BCUT2D eigenvalue weighted by Crippen LogP contribution is 2.32. The standard InChI is InChI=1S/C15H17NO2/c1-11-2-3-13-9-15(18-14(13)8-11)12-4-6-16(10-17)7-5-12/h2-3,8-10,12H,4-7H2,1H3. The second kappa shape index (κ2) is 4.48. The Hall–Kier alpha value is -1.77. The first-order chi connectivity index (χ1) is 8.76. The van der Waals surface area contributed by atoms with Crippen LogP contribution < -0.4 is 0 Å². The molecule has 0 saturated carbocycles. The minimum atomic E-state index is 0.453. The van der Waals surface area contributed by atoms with E-state index in [0.717, 1.165) is 43.7 Å². The number of amides is 1. The Labute approximate surface area is 106 Å². The second-order valence-electron chi connectivity index (χ2n) is 5.11. The molecular weight excluding hydrogens is 226 g/mol. The lowest BCUT2D eigenvalue weighted by atomic mass is 9.94. The molecule has 2 heterocycles. The van der Waals surface area contributed by atoms with Crippen molar-refractivity contribution in [3.63, 3.8) is 0 Å². The number of carbonyl (C=O) groups excluding carboxylic acids is 1. The zero-order chi connectivity index (χ0) is 12.5. The van der Waals surface area contributed by atoms with Gasteiger partial charge in [0.1, 0.15) is 11.3 Å². The van der Waals surface area contributed by atoms with E-state index in [0.29, 0.717) is 5.92 Å². The topological polar surface area (TPSA) is 33.5 Å². The van der Waals surface area contributed by atoms with Crippen molar-refractivity contribution in [3.8, 4) is 0 Å². The van der Waals surface area contributed by atoms with E-state index in [1.807, 2.05) is 4.90 Å². The molecule has 0 aliphatic carbocycles. The van der Waals surface area contributed by atoms with Gasteiger partial charge in [0.05, 0.1) is 0 Å². The molecule has 1 aromatic heterocycles. The van der Waals surface area contributed by atoms with E-state index < -0.39 is 0 Å². The van der Waals surface area contributed by atoms with Gasteiger partial charge in [0.2, 0.25) is 6.41 Å². The zero-order valence-electron chi connectivity index (χ0n) is 10.6. The molecule has 3 nitrogen and oxygen atoms in total. The number of rotatable bonds is 2. The second-order valence-corrected chi connectivity index (χ2v) is 5.11. The fourth-order valence-electron chi connectivity index (χ4n) is 2.65. The van der Waals surface area contributed by atoms with Gasteiger partial charge in [-0.3, -0.25) is 4.79 Å². The molecule has 18 heavy (non-hydrogen) atoms. The summed E-state index contributed by atoms with van der Waals surface area (Å²) in [5, 5.41) is 1.17. The molecule has 3 heteroatoms. The maximum Gasteiger partial charge on any atom is 0.209 e. The van der Waals surface area contributed by atoms with Crippen molar-refractivity contribution in [2.75, 3.05) is 13.1 Å². The van der Waals surface area contributed by atoms with Gasteiger partial charge in [-0.2, -0.15) is 0 Å². The molecule has 1 fully saturated rings. The summed E-state index contributed by atoms with van der Waals surface area (Å²) in [6.45, 7) is 3.75. The van der Waals surface area contributed by atoms with Crippen LogP contribution in [0.1, 0.15) is 30.1 Å². The number of hydrogen-bond donors (Lipinski definition) is 0. The van der Waals surface area contributed by atoms with Crippen LogP contribution in [0.5, 0.6) is 0 Å². The number of likely N-dealkylation sites (tertiary alicyclic amines) is 1. The SMILES string of the molecule is Cc1ccc2cc(C3CCN(C=O)CC3)oc2c1. The van der Waals surface area contributed by atoms with Crippen LogP contribution in [-0.2, 0) is 4.79 Å². The summed E-state index contributed by atoms with van der Waals surface area (Å²) in [6, 6.07) is 8.45. The lowest BCUT2D eigenvalue weighted by Crippen LogP contribution is -2.31. The lowest BCUT2D eigenvalue weighted by molar-refractivity contribution is -0.119. The Balaban J connectivity index is 1.84. The third-order valence-electron chi connectivity index (χ3n) is 3.78. The monoisotopic (exact) mass is 243 g/mol. The fourth-order valence-corrected chi connectivity index (χ4v) is 2.65. The number of fused-ring (bicyclic) bond motifs is 1. The van der Waals surface area contributed by atoms with E-state index in [9.17, 15) is 4.79 Å². The molecule has 1 aliphatic rings. The van der Waals surface area contributed by atoms with Crippen LogP contribution >= 0.6 is 0 Å². The fraction of sp³-hybridized carbons (Fsp3) is 0.400. The summed E-state index contributed by atoms with van der Waals surface area (Å²) in [5.41, 5.74) is 2.20. The first-order valence-corrected chi connectivity index (χ1v) is 6.46. The van der Waals surface area contributed by atoms with Gasteiger partial charge in [0.25, 0.3) is 0 Å². The van der Waals surface area contributed by atoms with Crippen LogP contribution in [0.4, 0.5) is 0 Å². The predicted octanol–water partition coefficient (Wildman–Crippen LogP) is 3.08. The molecule has 2 aromatic rings. The third kappa shape index (κ3) is 2.01. The van der Waals surface area contributed by atoms with Crippen molar-refractivity contribution >= 4 is 17.4 Å². The van der Waals surface area contributed by atoms with Gasteiger partial charge >= 0.3 is 0 Å². The average molecular weight is 243 g/mol. The number of furan rings is 1. The van der Waals surface area contributed by atoms with E-state index in [2.05, 4.69) is 31.2 Å². The van der Waals surface area contributed by atoms with Gasteiger partial charge in [-0.25, -0.2) is 0 Å². The van der Waals surface area contributed by atoms with Gasteiger partial charge in [0.15, 0.2) is 0 Å². The highest BCUT2D eigenvalue weighted by molar-refractivity contribution is 5.78. The predicted molar refractivity (Wildman–Crippen MR) is 70.6 cm³/mol. The molecule has 0 atom stereocenters. The van der Waals surface area contributed by atoms with Gasteiger partial charge in [-0.15, -0.1) is 0 Å². The summed E-state index contributed by atoms with van der Waals surface area (Å²) in [4.78, 5) is 12.5. The van der Waals surface area contributed by atoms with E-state index >= 15 is 0 Å². The maximum absolute atomic E-state index is 10.7. The molecule has 0 N–H and O–H groups in total. The van der Waals surface area contributed by atoms with Crippen molar-refractivity contribution in [1.82, 2.24) is 4.90 Å².